The predicted molar refractivity (Wildman–Crippen MR) is 65.4 cm³/mol. The molecule has 4 nitrogen and oxygen atoms in total. The second-order valence-electron chi connectivity index (χ2n) is 4.82. The number of fused-ring (bicyclic) bond motifs is 1. The van der Waals surface area contributed by atoms with Gasteiger partial charge in [-0.05, 0) is 19.9 Å². The minimum Gasteiger partial charge on any atom is -0.454 e. The van der Waals surface area contributed by atoms with Gasteiger partial charge in [0.1, 0.15) is 0 Å². The van der Waals surface area contributed by atoms with E-state index >= 15 is 0 Å². The van der Waals surface area contributed by atoms with Crippen LogP contribution >= 0.6 is 0 Å². The first-order valence-electron chi connectivity index (χ1n) is 5.74. The van der Waals surface area contributed by atoms with Gasteiger partial charge < -0.3 is 19.5 Å². The summed E-state index contributed by atoms with van der Waals surface area (Å²) in [6, 6.07) is 5.95. The zero-order valence-electron chi connectivity index (χ0n) is 10.6. The monoisotopic (exact) mass is 237 g/mol. The maximum atomic E-state index is 5.46. The topological polar surface area (TPSA) is 39.7 Å². The van der Waals surface area contributed by atoms with E-state index in [-0.39, 0.29) is 5.54 Å². The first-order chi connectivity index (χ1) is 8.12. The van der Waals surface area contributed by atoms with Crippen LogP contribution in [-0.4, -0.2) is 26.0 Å². The highest BCUT2D eigenvalue weighted by molar-refractivity contribution is 5.48. The van der Waals surface area contributed by atoms with Crippen LogP contribution in [0.3, 0.4) is 0 Å². The van der Waals surface area contributed by atoms with Gasteiger partial charge in [-0.3, -0.25) is 0 Å². The first-order valence-corrected chi connectivity index (χ1v) is 5.74. The summed E-state index contributed by atoms with van der Waals surface area (Å²) in [6.07, 6.45) is 0. The van der Waals surface area contributed by atoms with E-state index in [2.05, 4.69) is 19.2 Å². The quantitative estimate of drug-likeness (QED) is 0.849. The van der Waals surface area contributed by atoms with Gasteiger partial charge in [0, 0.05) is 24.8 Å². The van der Waals surface area contributed by atoms with E-state index in [1.807, 2.05) is 18.2 Å². The Labute approximate surface area is 102 Å². The maximum absolute atomic E-state index is 5.46. The minimum absolute atomic E-state index is 0.0586. The molecule has 0 saturated carbocycles. The van der Waals surface area contributed by atoms with Crippen LogP contribution in [0.2, 0.25) is 0 Å². The Hall–Kier alpha value is -1.26. The van der Waals surface area contributed by atoms with Crippen molar-refractivity contribution < 1.29 is 14.2 Å². The van der Waals surface area contributed by atoms with Gasteiger partial charge in [-0.15, -0.1) is 0 Å². The summed E-state index contributed by atoms with van der Waals surface area (Å²) in [6.45, 7) is 5.93. The molecule has 4 heteroatoms. The van der Waals surface area contributed by atoms with Crippen LogP contribution in [0.25, 0.3) is 0 Å². The molecular formula is C13H19NO3. The van der Waals surface area contributed by atoms with Gasteiger partial charge in [-0.2, -0.15) is 0 Å². The molecule has 1 aliphatic heterocycles. The molecule has 17 heavy (non-hydrogen) atoms. The number of hydrogen-bond acceptors (Lipinski definition) is 4. The first kappa shape index (κ1) is 12.2. The third-order valence-electron chi connectivity index (χ3n) is 2.74. The number of nitrogens with one attached hydrogen (secondary N) is 1. The molecule has 0 bridgehead atoms. The SMILES string of the molecule is COCC(C)(C)NCc1cccc2c1OCO2. The Morgan fingerprint density at radius 3 is 2.94 bits per heavy atom. The summed E-state index contributed by atoms with van der Waals surface area (Å²) in [5.41, 5.74) is 1.06. The van der Waals surface area contributed by atoms with Crippen molar-refractivity contribution in [3.63, 3.8) is 0 Å². The summed E-state index contributed by atoms with van der Waals surface area (Å²) < 4.78 is 16.0. The predicted octanol–water partition coefficient (Wildman–Crippen LogP) is 1.93. The molecule has 0 saturated heterocycles. The van der Waals surface area contributed by atoms with Gasteiger partial charge in [0.25, 0.3) is 0 Å². The van der Waals surface area contributed by atoms with Gasteiger partial charge in [0.05, 0.1) is 6.61 Å². The second-order valence-corrected chi connectivity index (χ2v) is 4.82. The zero-order valence-corrected chi connectivity index (χ0v) is 10.6. The Morgan fingerprint density at radius 2 is 2.18 bits per heavy atom. The highest BCUT2D eigenvalue weighted by Gasteiger charge is 2.20. The van der Waals surface area contributed by atoms with Gasteiger partial charge in [-0.25, -0.2) is 0 Å². The van der Waals surface area contributed by atoms with Crippen molar-refractivity contribution in [2.24, 2.45) is 0 Å². The van der Waals surface area contributed by atoms with Crippen LogP contribution in [0.5, 0.6) is 11.5 Å². The minimum atomic E-state index is -0.0586. The van der Waals surface area contributed by atoms with E-state index in [1.165, 1.54) is 0 Å². The van der Waals surface area contributed by atoms with E-state index in [0.29, 0.717) is 13.4 Å². The standard InChI is InChI=1S/C13H19NO3/c1-13(2,8-15-3)14-7-10-5-4-6-11-12(10)17-9-16-11/h4-6,14H,7-9H2,1-3H3. The highest BCUT2D eigenvalue weighted by Crippen LogP contribution is 2.35. The van der Waals surface area contributed by atoms with Crippen LogP contribution in [0.15, 0.2) is 18.2 Å². The van der Waals surface area contributed by atoms with Crippen molar-refractivity contribution in [3.8, 4) is 11.5 Å². The number of benzene rings is 1. The fraction of sp³-hybridized carbons (Fsp3) is 0.538. The summed E-state index contributed by atoms with van der Waals surface area (Å²) in [4.78, 5) is 0. The molecule has 94 valence electrons. The van der Waals surface area contributed by atoms with Crippen LogP contribution in [0, 0.1) is 0 Å². The average Bonchev–Trinajstić information content (AvgIpc) is 2.74. The Morgan fingerprint density at radius 1 is 1.35 bits per heavy atom. The molecule has 0 fully saturated rings. The smallest absolute Gasteiger partial charge is 0.231 e. The number of rotatable bonds is 5. The van der Waals surface area contributed by atoms with Crippen LogP contribution in [-0.2, 0) is 11.3 Å². The normalized spacial score (nSPS) is 14.1. The van der Waals surface area contributed by atoms with Crippen LogP contribution in [0.4, 0.5) is 0 Å². The van der Waals surface area contributed by atoms with E-state index in [0.717, 1.165) is 23.6 Å². The molecule has 1 aromatic carbocycles. The van der Waals surface area contributed by atoms with Crippen LogP contribution < -0.4 is 14.8 Å². The molecule has 1 N–H and O–H groups in total. The van der Waals surface area contributed by atoms with Crippen molar-refractivity contribution in [1.29, 1.82) is 0 Å². The molecular weight excluding hydrogens is 218 g/mol. The van der Waals surface area contributed by atoms with E-state index in [9.17, 15) is 0 Å². The number of ether oxygens (including phenoxy) is 3. The second kappa shape index (κ2) is 4.94. The van der Waals surface area contributed by atoms with Gasteiger partial charge in [0.2, 0.25) is 6.79 Å². The average molecular weight is 237 g/mol. The lowest BCUT2D eigenvalue weighted by atomic mass is 10.1. The maximum Gasteiger partial charge on any atom is 0.231 e. The van der Waals surface area contributed by atoms with Gasteiger partial charge in [0.15, 0.2) is 11.5 Å². The summed E-state index contributed by atoms with van der Waals surface area (Å²) in [7, 11) is 1.71. The third kappa shape index (κ3) is 2.90. The van der Waals surface area contributed by atoms with Gasteiger partial charge >= 0.3 is 0 Å². The number of para-hydroxylation sites is 1. The lowest BCUT2D eigenvalue weighted by Crippen LogP contribution is -2.42. The van der Waals surface area contributed by atoms with Crippen molar-refractivity contribution in [3.05, 3.63) is 23.8 Å². The fourth-order valence-corrected chi connectivity index (χ4v) is 1.88. The van der Waals surface area contributed by atoms with Crippen LogP contribution in [0.1, 0.15) is 19.4 Å². The molecule has 1 aromatic rings. The molecule has 0 radical (unpaired) electrons. The third-order valence-corrected chi connectivity index (χ3v) is 2.74. The van der Waals surface area contributed by atoms with Crippen molar-refractivity contribution in [1.82, 2.24) is 5.32 Å². The van der Waals surface area contributed by atoms with E-state index in [1.54, 1.807) is 7.11 Å². The lowest BCUT2D eigenvalue weighted by molar-refractivity contribution is 0.127. The van der Waals surface area contributed by atoms with E-state index in [4.69, 9.17) is 14.2 Å². The molecule has 0 spiro atoms. The van der Waals surface area contributed by atoms with Crippen molar-refractivity contribution >= 4 is 0 Å². The molecule has 0 amide bonds. The largest absolute Gasteiger partial charge is 0.454 e. The number of methoxy groups -OCH3 is 1. The Kier molecular flexibility index (Phi) is 3.54. The summed E-state index contributed by atoms with van der Waals surface area (Å²) in [5.74, 6) is 1.68. The highest BCUT2D eigenvalue weighted by atomic mass is 16.7. The summed E-state index contributed by atoms with van der Waals surface area (Å²) >= 11 is 0. The molecule has 0 aliphatic carbocycles. The Balaban J connectivity index is 2.02. The zero-order chi connectivity index (χ0) is 12.3. The summed E-state index contributed by atoms with van der Waals surface area (Å²) in [5, 5.41) is 3.45. The molecule has 0 unspecified atom stereocenters. The Bertz CT molecular complexity index is 390. The fourth-order valence-electron chi connectivity index (χ4n) is 1.88. The lowest BCUT2D eigenvalue weighted by Gasteiger charge is -2.25. The molecule has 0 aromatic heterocycles. The molecule has 2 rings (SSSR count). The van der Waals surface area contributed by atoms with Gasteiger partial charge in [-0.1, -0.05) is 12.1 Å². The molecule has 0 atom stereocenters. The molecule has 1 aliphatic rings. The molecule has 1 heterocycles. The van der Waals surface area contributed by atoms with Crippen molar-refractivity contribution in [2.45, 2.75) is 25.9 Å². The number of hydrogen-bond donors (Lipinski definition) is 1. The van der Waals surface area contributed by atoms with Crippen molar-refractivity contribution in [2.75, 3.05) is 20.5 Å². The van der Waals surface area contributed by atoms with E-state index < -0.39 is 0 Å².